The first-order valence-electron chi connectivity index (χ1n) is 9.01. The third-order valence-corrected chi connectivity index (χ3v) is 4.64. The Bertz CT molecular complexity index is 755. The van der Waals surface area contributed by atoms with Crippen molar-refractivity contribution in [2.75, 3.05) is 11.9 Å². The number of amides is 1. The zero-order chi connectivity index (χ0) is 19.1. The Morgan fingerprint density at radius 1 is 1.08 bits per heavy atom. The second-order valence-corrected chi connectivity index (χ2v) is 6.75. The maximum Gasteiger partial charge on any atom is 0.314 e. The van der Waals surface area contributed by atoms with Crippen LogP contribution in [0.15, 0.2) is 48.5 Å². The van der Waals surface area contributed by atoms with Gasteiger partial charge >= 0.3 is 5.97 Å². The lowest BCUT2D eigenvalue weighted by atomic mass is 9.86. The first-order valence-corrected chi connectivity index (χ1v) is 9.01. The Hall–Kier alpha value is -2.62. The highest BCUT2D eigenvalue weighted by molar-refractivity contribution is 5.94. The van der Waals surface area contributed by atoms with Crippen LogP contribution in [0.25, 0.3) is 0 Å². The van der Waals surface area contributed by atoms with Crippen LogP contribution in [0.2, 0.25) is 0 Å². The Labute approximate surface area is 155 Å². The van der Waals surface area contributed by atoms with Crippen molar-refractivity contribution in [2.45, 2.75) is 40.0 Å². The van der Waals surface area contributed by atoms with Gasteiger partial charge in [-0.15, -0.1) is 0 Å². The minimum absolute atomic E-state index is 0.131. The van der Waals surface area contributed by atoms with E-state index in [1.807, 2.05) is 76.2 Å². The van der Waals surface area contributed by atoms with Gasteiger partial charge in [0.15, 0.2) is 6.61 Å². The van der Waals surface area contributed by atoms with Gasteiger partial charge in [-0.25, -0.2) is 0 Å². The molecule has 0 radical (unpaired) electrons. The van der Waals surface area contributed by atoms with Crippen LogP contribution in [0.3, 0.4) is 0 Å². The van der Waals surface area contributed by atoms with E-state index >= 15 is 0 Å². The number of carbonyl (C=O) groups is 2. The van der Waals surface area contributed by atoms with Gasteiger partial charge in [-0.1, -0.05) is 62.7 Å². The van der Waals surface area contributed by atoms with Gasteiger partial charge in [-0.05, 0) is 42.5 Å². The monoisotopic (exact) mass is 353 g/mol. The molecular weight excluding hydrogens is 326 g/mol. The molecule has 0 unspecified atom stereocenters. The van der Waals surface area contributed by atoms with Crippen LogP contribution in [0, 0.1) is 19.8 Å². The molecule has 4 heteroatoms. The molecule has 138 valence electrons. The number of ether oxygens (including phenoxy) is 1. The van der Waals surface area contributed by atoms with Crippen LogP contribution < -0.4 is 5.32 Å². The average Bonchev–Trinajstić information content (AvgIpc) is 2.64. The molecule has 0 heterocycles. The van der Waals surface area contributed by atoms with Crippen LogP contribution in [0.5, 0.6) is 0 Å². The lowest BCUT2D eigenvalue weighted by molar-refractivity contribution is -0.150. The third kappa shape index (κ3) is 5.19. The van der Waals surface area contributed by atoms with E-state index in [0.29, 0.717) is 0 Å². The number of rotatable bonds is 7. The largest absolute Gasteiger partial charge is 0.455 e. The van der Waals surface area contributed by atoms with Crippen LogP contribution in [0.4, 0.5) is 5.69 Å². The number of hydrogen-bond acceptors (Lipinski definition) is 3. The van der Waals surface area contributed by atoms with Gasteiger partial charge in [0.05, 0.1) is 5.92 Å². The second kappa shape index (κ2) is 9.18. The number of hydrogen-bond donors (Lipinski definition) is 1. The molecule has 2 rings (SSSR count). The minimum Gasteiger partial charge on any atom is -0.455 e. The Morgan fingerprint density at radius 2 is 1.77 bits per heavy atom. The lowest BCUT2D eigenvalue weighted by Crippen LogP contribution is -2.27. The van der Waals surface area contributed by atoms with E-state index in [-0.39, 0.29) is 30.3 Å². The molecule has 1 amide bonds. The zero-order valence-corrected chi connectivity index (χ0v) is 15.9. The summed E-state index contributed by atoms with van der Waals surface area (Å²) in [6.45, 7) is 7.67. The van der Waals surface area contributed by atoms with Crippen molar-refractivity contribution >= 4 is 17.6 Å². The first kappa shape index (κ1) is 19.7. The van der Waals surface area contributed by atoms with E-state index < -0.39 is 0 Å². The fraction of sp³-hybridized carbons (Fsp3) is 0.364. The fourth-order valence-corrected chi connectivity index (χ4v) is 2.88. The number of aryl methyl sites for hydroxylation is 2. The summed E-state index contributed by atoms with van der Waals surface area (Å²) in [5, 5.41) is 2.81. The summed E-state index contributed by atoms with van der Waals surface area (Å²) in [5.74, 6) is -0.925. The summed E-state index contributed by atoms with van der Waals surface area (Å²) in [7, 11) is 0. The fourth-order valence-electron chi connectivity index (χ4n) is 2.88. The summed E-state index contributed by atoms with van der Waals surface area (Å²) in [4.78, 5) is 24.8. The van der Waals surface area contributed by atoms with E-state index in [9.17, 15) is 9.59 Å². The Morgan fingerprint density at radius 3 is 2.42 bits per heavy atom. The van der Waals surface area contributed by atoms with E-state index in [4.69, 9.17) is 4.74 Å². The van der Waals surface area contributed by atoms with Gasteiger partial charge in [0.1, 0.15) is 0 Å². The standard InChI is InChI=1S/C22H27NO3/c1-5-16(3)21(18-9-7-6-8-10-18)22(25)26-14-20(24)23-19-13-15(2)11-12-17(19)4/h6-13,16,21H,5,14H2,1-4H3,(H,23,24)/t16-,21-/m1/s1. The predicted molar refractivity (Wildman–Crippen MR) is 104 cm³/mol. The summed E-state index contributed by atoms with van der Waals surface area (Å²) in [6.07, 6.45) is 0.851. The van der Waals surface area contributed by atoms with Crippen LogP contribution in [-0.4, -0.2) is 18.5 Å². The van der Waals surface area contributed by atoms with Gasteiger partial charge in [0, 0.05) is 5.69 Å². The van der Waals surface area contributed by atoms with Crippen LogP contribution in [0.1, 0.15) is 42.9 Å². The lowest BCUT2D eigenvalue weighted by Gasteiger charge is -2.21. The SMILES string of the molecule is CC[C@@H](C)[C@@H](C(=O)OCC(=O)Nc1cc(C)ccc1C)c1ccccc1. The molecule has 0 aliphatic carbocycles. The number of esters is 1. The molecule has 0 bridgehead atoms. The van der Waals surface area contributed by atoms with Crippen molar-refractivity contribution in [3.63, 3.8) is 0 Å². The molecule has 2 aromatic rings. The molecule has 0 fully saturated rings. The first-order chi connectivity index (χ1) is 12.4. The molecule has 2 atom stereocenters. The van der Waals surface area contributed by atoms with Crippen molar-refractivity contribution in [3.8, 4) is 0 Å². The molecule has 1 N–H and O–H groups in total. The topological polar surface area (TPSA) is 55.4 Å². The van der Waals surface area contributed by atoms with Gasteiger partial charge in [0.2, 0.25) is 0 Å². The van der Waals surface area contributed by atoms with Gasteiger partial charge in [0.25, 0.3) is 5.91 Å². The van der Waals surface area contributed by atoms with Crippen LogP contribution >= 0.6 is 0 Å². The van der Waals surface area contributed by atoms with Gasteiger partial charge < -0.3 is 10.1 Å². The van der Waals surface area contributed by atoms with Crippen molar-refractivity contribution < 1.29 is 14.3 Å². The maximum atomic E-state index is 12.6. The van der Waals surface area contributed by atoms with Crippen molar-refractivity contribution in [1.29, 1.82) is 0 Å². The van der Waals surface area contributed by atoms with E-state index in [2.05, 4.69) is 5.32 Å². The Kier molecular flexibility index (Phi) is 6.96. The summed E-state index contributed by atoms with van der Waals surface area (Å²) in [6, 6.07) is 15.4. The smallest absolute Gasteiger partial charge is 0.314 e. The minimum atomic E-state index is -0.366. The van der Waals surface area contributed by atoms with Crippen molar-refractivity contribution in [3.05, 3.63) is 65.2 Å². The maximum absolute atomic E-state index is 12.6. The van der Waals surface area contributed by atoms with E-state index in [1.165, 1.54) is 0 Å². The summed E-state index contributed by atoms with van der Waals surface area (Å²) in [5.41, 5.74) is 3.69. The zero-order valence-electron chi connectivity index (χ0n) is 15.9. The average molecular weight is 353 g/mol. The van der Waals surface area contributed by atoms with E-state index in [1.54, 1.807) is 0 Å². The van der Waals surface area contributed by atoms with Crippen LogP contribution in [-0.2, 0) is 14.3 Å². The molecule has 0 saturated carbocycles. The summed E-state index contributed by atoms with van der Waals surface area (Å²) >= 11 is 0. The molecule has 0 spiro atoms. The normalized spacial score (nSPS) is 12.9. The Balaban J connectivity index is 2.01. The highest BCUT2D eigenvalue weighted by atomic mass is 16.5. The molecule has 26 heavy (non-hydrogen) atoms. The quantitative estimate of drug-likeness (QED) is 0.739. The molecular formula is C22H27NO3. The molecule has 2 aromatic carbocycles. The third-order valence-electron chi connectivity index (χ3n) is 4.64. The molecule has 0 aromatic heterocycles. The highest BCUT2D eigenvalue weighted by Crippen LogP contribution is 2.28. The molecule has 0 saturated heterocycles. The molecule has 4 nitrogen and oxygen atoms in total. The number of nitrogens with one attached hydrogen (secondary N) is 1. The van der Waals surface area contributed by atoms with Gasteiger partial charge in [-0.2, -0.15) is 0 Å². The second-order valence-electron chi connectivity index (χ2n) is 6.75. The molecule has 0 aliphatic rings. The molecule has 0 aliphatic heterocycles. The number of anilines is 1. The highest BCUT2D eigenvalue weighted by Gasteiger charge is 2.27. The van der Waals surface area contributed by atoms with Crippen molar-refractivity contribution in [1.82, 2.24) is 0 Å². The van der Waals surface area contributed by atoms with E-state index in [0.717, 1.165) is 28.8 Å². The van der Waals surface area contributed by atoms with Crippen molar-refractivity contribution in [2.24, 2.45) is 5.92 Å². The number of benzene rings is 2. The predicted octanol–water partition coefficient (Wildman–Crippen LogP) is 4.62. The number of carbonyl (C=O) groups excluding carboxylic acids is 2. The summed E-state index contributed by atoms with van der Waals surface area (Å²) < 4.78 is 5.33. The van der Waals surface area contributed by atoms with Gasteiger partial charge in [-0.3, -0.25) is 9.59 Å².